The van der Waals surface area contributed by atoms with Gasteiger partial charge in [0.05, 0.1) is 11.8 Å². The van der Waals surface area contributed by atoms with Crippen LogP contribution in [-0.4, -0.2) is 23.6 Å². The zero-order valence-electron chi connectivity index (χ0n) is 16.6. The summed E-state index contributed by atoms with van der Waals surface area (Å²) in [6, 6.07) is 8.10. The van der Waals surface area contributed by atoms with Crippen LogP contribution in [-0.2, 0) is 25.5 Å². The van der Waals surface area contributed by atoms with E-state index < -0.39 is 29.3 Å². The molecule has 0 saturated heterocycles. The number of hydrogen-bond donors (Lipinski definition) is 0. The van der Waals surface area contributed by atoms with Gasteiger partial charge in [-0.15, -0.1) is 0 Å². The van der Waals surface area contributed by atoms with Crippen LogP contribution in [0.4, 0.5) is 0 Å². The van der Waals surface area contributed by atoms with Gasteiger partial charge in [0.1, 0.15) is 17.7 Å². The maximum Gasteiger partial charge on any atom is 0.309 e. The van der Waals surface area contributed by atoms with Crippen molar-refractivity contribution in [2.24, 2.45) is 23.7 Å². The van der Waals surface area contributed by atoms with E-state index in [4.69, 9.17) is 4.74 Å². The third-order valence-electron chi connectivity index (χ3n) is 5.56. The highest BCUT2D eigenvalue weighted by Gasteiger charge is 2.41. The smallest absolute Gasteiger partial charge is 0.309 e. The van der Waals surface area contributed by atoms with Crippen LogP contribution in [0.5, 0.6) is 0 Å². The lowest BCUT2D eigenvalue weighted by molar-refractivity contribution is -0.163. The van der Waals surface area contributed by atoms with Crippen molar-refractivity contribution >= 4 is 18.0 Å². The fourth-order valence-corrected chi connectivity index (χ4v) is 3.79. The number of hydrogen-bond acceptors (Lipinski definition) is 4. The third kappa shape index (κ3) is 4.22. The predicted molar refractivity (Wildman–Crippen MR) is 101 cm³/mol. The first kappa shape index (κ1) is 20.3. The first-order valence-corrected chi connectivity index (χ1v) is 9.36. The van der Waals surface area contributed by atoms with Gasteiger partial charge in [-0.25, -0.2) is 0 Å². The molecule has 0 spiro atoms. The largest absolute Gasteiger partial charge is 0.460 e. The lowest BCUT2D eigenvalue weighted by atomic mass is 9.76. The van der Waals surface area contributed by atoms with Crippen LogP contribution < -0.4 is 0 Å². The molecule has 1 aromatic carbocycles. The van der Waals surface area contributed by atoms with Crippen LogP contribution in [0, 0.1) is 23.7 Å². The lowest BCUT2D eigenvalue weighted by Gasteiger charge is -2.28. The summed E-state index contributed by atoms with van der Waals surface area (Å²) in [6.45, 7) is 10.9. The number of carbonyl (C=O) groups is 3. The fraction of sp³-hybridized carbons (Fsp3) is 0.591. The van der Waals surface area contributed by atoms with E-state index >= 15 is 0 Å². The van der Waals surface area contributed by atoms with Gasteiger partial charge >= 0.3 is 5.97 Å². The second-order valence-electron chi connectivity index (χ2n) is 8.53. The zero-order valence-corrected chi connectivity index (χ0v) is 16.6. The summed E-state index contributed by atoms with van der Waals surface area (Å²) in [5, 5.41) is 0. The van der Waals surface area contributed by atoms with Gasteiger partial charge in [-0.05, 0) is 50.2 Å². The highest BCUT2D eigenvalue weighted by molar-refractivity contribution is 5.97. The highest BCUT2D eigenvalue weighted by atomic mass is 16.6. The Morgan fingerprint density at radius 2 is 1.77 bits per heavy atom. The molecule has 0 saturated carbocycles. The molecule has 4 heteroatoms. The van der Waals surface area contributed by atoms with Crippen LogP contribution in [0.3, 0.4) is 0 Å². The van der Waals surface area contributed by atoms with E-state index in [1.165, 1.54) is 11.1 Å². The van der Waals surface area contributed by atoms with Gasteiger partial charge in [0.2, 0.25) is 0 Å². The van der Waals surface area contributed by atoms with Crippen LogP contribution in [0.15, 0.2) is 24.3 Å². The van der Waals surface area contributed by atoms with Crippen LogP contribution in [0.2, 0.25) is 0 Å². The number of carbonyl (C=O) groups excluding carboxylic acids is 3. The Kier molecular flexibility index (Phi) is 6.05. The zero-order chi connectivity index (χ0) is 19.6. The lowest BCUT2D eigenvalue weighted by Crippen LogP contribution is -2.38. The van der Waals surface area contributed by atoms with Crippen LogP contribution in [0.1, 0.15) is 58.6 Å². The maximum absolute atomic E-state index is 13.0. The van der Waals surface area contributed by atoms with Crippen molar-refractivity contribution in [1.29, 1.82) is 0 Å². The van der Waals surface area contributed by atoms with Crippen LogP contribution in [0.25, 0.3) is 0 Å². The molecular formula is C22H30O4. The Hall–Kier alpha value is -1.97. The van der Waals surface area contributed by atoms with Gasteiger partial charge < -0.3 is 9.53 Å². The van der Waals surface area contributed by atoms with Gasteiger partial charge in [-0.2, -0.15) is 0 Å². The Morgan fingerprint density at radius 1 is 1.15 bits per heavy atom. The first-order valence-electron chi connectivity index (χ1n) is 9.36. The second kappa shape index (κ2) is 7.73. The van der Waals surface area contributed by atoms with Gasteiger partial charge in [-0.1, -0.05) is 45.0 Å². The minimum absolute atomic E-state index is 0.0503. The van der Waals surface area contributed by atoms with E-state index in [-0.39, 0.29) is 17.6 Å². The second-order valence-corrected chi connectivity index (χ2v) is 8.53. The fourth-order valence-electron chi connectivity index (χ4n) is 3.79. The summed E-state index contributed by atoms with van der Waals surface area (Å²) in [5.41, 5.74) is 1.82. The third-order valence-corrected chi connectivity index (χ3v) is 5.56. The summed E-state index contributed by atoms with van der Waals surface area (Å²) in [6.07, 6.45) is 1.49. The Balaban J connectivity index is 2.14. The molecular weight excluding hydrogens is 328 g/mol. The molecule has 0 aliphatic heterocycles. The van der Waals surface area contributed by atoms with Gasteiger partial charge in [0.15, 0.2) is 0 Å². The normalized spacial score (nSPS) is 22.8. The molecule has 5 unspecified atom stereocenters. The van der Waals surface area contributed by atoms with E-state index in [0.29, 0.717) is 0 Å². The molecule has 0 amide bonds. The molecule has 0 fully saturated rings. The van der Waals surface area contributed by atoms with E-state index in [1.54, 1.807) is 34.6 Å². The summed E-state index contributed by atoms with van der Waals surface area (Å²) >= 11 is 0. The van der Waals surface area contributed by atoms with Crippen molar-refractivity contribution in [2.75, 3.05) is 0 Å². The van der Waals surface area contributed by atoms with E-state index in [0.717, 1.165) is 12.7 Å². The number of fused-ring (bicyclic) bond motifs is 1. The number of aldehydes is 1. The van der Waals surface area contributed by atoms with Crippen molar-refractivity contribution in [3.63, 3.8) is 0 Å². The molecule has 0 radical (unpaired) electrons. The number of ether oxygens (including phenoxy) is 1. The molecule has 5 atom stereocenters. The molecule has 4 nitrogen and oxygen atoms in total. The van der Waals surface area contributed by atoms with Crippen molar-refractivity contribution in [2.45, 2.75) is 59.5 Å². The number of ketones is 1. The highest BCUT2D eigenvalue weighted by Crippen LogP contribution is 2.42. The number of Topliss-reactive ketones (excluding diaryl/α,β-unsaturated/α-hetero) is 1. The standard InChI is InChI=1S/C22H30O4/c1-13(14(2)21(25)26-22(4,5)6)20(24)19(12-23)18-11-16-9-7-8-10-17(16)15(18)3/h7-10,12-15,18-19H,11H2,1-6H3. The van der Waals surface area contributed by atoms with Crippen molar-refractivity contribution in [3.8, 4) is 0 Å². The number of esters is 1. The molecule has 142 valence electrons. The molecule has 0 aromatic heterocycles. The molecule has 0 N–H and O–H groups in total. The summed E-state index contributed by atoms with van der Waals surface area (Å²) in [7, 11) is 0. The monoisotopic (exact) mass is 358 g/mol. The molecule has 1 aromatic rings. The average Bonchev–Trinajstić information content (AvgIpc) is 2.90. The molecule has 0 bridgehead atoms. The molecule has 0 heterocycles. The predicted octanol–water partition coefficient (Wildman–Crippen LogP) is 3.96. The minimum Gasteiger partial charge on any atom is -0.460 e. The van der Waals surface area contributed by atoms with Crippen molar-refractivity contribution in [3.05, 3.63) is 35.4 Å². The summed E-state index contributed by atoms with van der Waals surface area (Å²) in [5.74, 6) is -2.30. The first-order chi connectivity index (χ1) is 12.1. The van der Waals surface area contributed by atoms with Gasteiger partial charge in [0.25, 0.3) is 0 Å². The van der Waals surface area contributed by atoms with E-state index in [9.17, 15) is 14.4 Å². The Bertz CT molecular complexity index is 686. The molecule has 26 heavy (non-hydrogen) atoms. The Labute approximate surface area is 156 Å². The minimum atomic E-state index is -0.697. The number of benzene rings is 1. The molecule has 2 rings (SSSR count). The SMILES string of the molecule is CC(C(=O)OC(C)(C)C)C(C)C(=O)C(C=O)C1Cc2ccccc2C1C. The maximum atomic E-state index is 13.0. The van der Waals surface area contributed by atoms with Crippen molar-refractivity contribution in [1.82, 2.24) is 0 Å². The van der Waals surface area contributed by atoms with Gasteiger partial charge in [0, 0.05) is 5.92 Å². The quantitative estimate of drug-likeness (QED) is 0.439. The summed E-state index contributed by atoms with van der Waals surface area (Å²) < 4.78 is 5.40. The Morgan fingerprint density at radius 3 is 2.31 bits per heavy atom. The van der Waals surface area contributed by atoms with E-state index in [1.807, 2.05) is 12.1 Å². The molecule has 1 aliphatic carbocycles. The van der Waals surface area contributed by atoms with E-state index in [2.05, 4.69) is 19.1 Å². The topological polar surface area (TPSA) is 60.4 Å². The molecule has 1 aliphatic rings. The van der Waals surface area contributed by atoms with Crippen LogP contribution >= 0.6 is 0 Å². The average molecular weight is 358 g/mol. The van der Waals surface area contributed by atoms with Crippen molar-refractivity contribution < 1.29 is 19.1 Å². The summed E-state index contributed by atoms with van der Waals surface area (Å²) in [4.78, 5) is 37.2. The van der Waals surface area contributed by atoms with Gasteiger partial charge in [-0.3, -0.25) is 9.59 Å². The number of rotatable bonds is 6.